The Morgan fingerprint density at radius 3 is 3.12 bits per heavy atom. The van der Waals surface area contributed by atoms with Crippen molar-refractivity contribution in [3.63, 3.8) is 0 Å². The number of nitrogens with zero attached hydrogens (tertiary/aromatic N) is 3. The predicted octanol–water partition coefficient (Wildman–Crippen LogP) is 2.89. The lowest BCUT2D eigenvalue weighted by atomic mass is 10.2. The molecule has 4 nitrogen and oxygen atoms in total. The second-order valence-corrected chi connectivity index (χ2v) is 4.88. The van der Waals surface area contributed by atoms with Crippen LogP contribution < -0.4 is 0 Å². The highest BCUT2D eigenvalue weighted by Crippen LogP contribution is 2.26. The molecule has 0 amide bonds. The Balaban J connectivity index is 2.05. The molecule has 0 spiro atoms. The Morgan fingerprint density at radius 2 is 2.31 bits per heavy atom. The zero-order chi connectivity index (χ0) is 11.0. The van der Waals surface area contributed by atoms with Gasteiger partial charge in [0.15, 0.2) is 6.23 Å². The van der Waals surface area contributed by atoms with Crippen molar-refractivity contribution in [3.05, 3.63) is 22.9 Å². The third-order valence-corrected chi connectivity index (χ3v) is 3.28. The van der Waals surface area contributed by atoms with E-state index in [2.05, 4.69) is 26.0 Å². The van der Waals surface area contributed by atoms with E-state index in [-0.39, 0.29) is 6.23 Å². The summed E-state index contributed by atoms with van der Waals surface area (Å²) < 4.78 is 8.63. The standard InChI is InChI=1S/C11H12BrN3O/c12-8-5-10-9(13-6-8)7-14-15(10)11-3-1-2-4-16-11/h5-7,11H,1-4H2/t11-/m1/s1. The summed E-state index contributed by atoms with van der Waals surface area (Å²) in [7, 11) is 0. The fourth-order valence-corrected chi connectivity index (χ4v) is 2.37. The SMILES string of the molecule is Brc1cnc2cnn([C@H]3CCCCO3)c2c1. The number of hydrogen-bond donors (Lipinski definition) is 0. The van der Waals surface area contributed by atoms with Crippen LogP contribution in [-0.2, 0) is 4.74 Å². The van der Waals surface area contributed by atoms with Gasteiger partial charge in [0.2, 0.25) is 0 Å². The van der Waals surface area contributed by atoms with Crippen molar-refractivity contribution in [2.24, 2.45) is 0 Å². The molecule has 1 saturated heterocycles. The Hall–Kier alpha value is -0.940. The van der Waals surface area contributed by atoms with Gasteiger partial charge in [-0.05, 0) is 41.3 Å². The molecule has 0 N–H and O–H groups in total. The molecule has 1 atom stereocenters. The van der Waals surface area contributed by atoms with Gasteiger partial charge in [-0.3, -0.25) is 4.98 Å². The molecule has 1 aliphatic heterocycles. The molecule has 0 bridgehead atoms. The van der Waals surface area contributed by atoms with Crippen molar-refractivity contribution in [2.45, 2.75) is 25.5 Å². The Labute approximate surface area is 102 Å². The van der Waals surface area contributed by atoms with E-state index in [0.29, 0.717) is 0 Å². The molecule has 2 aromatic rings. The number of rotatable bonds is 1. The molecule has 1 fully saturated rings. The molecule has 0 saturated carbocycles. The monoisotopic (exact) mass is 281 g/mol. The third-order valence-electron chi connectivity index (χ3n) is 2.84. The number of aromatic nitrogens is 3. The first kappa shape index (κ1) is 10.2. The summed E-state index contributed by atoms with van der Waals surface area (Å²) in [6, 6.07) is 2.04. The van der Waals surface area contributed by atoms with Crippen LogP contribution in [0.1, 0.15) is 25.5 Å². The van der Waals surface area contributed by atoms with Gasteiger partial charge in [0.1, 0.15) is 5.52 Å². The molecule has 16 heavy (non-hydrogen) atoms. The van der Waals surface area contributed by atoms with Crippen LogP contribution >= 0.6 is 15.9 Å². The smallest absolute Gasteiger partial charge is 0.150 e. The van der Waals surface area contributed by atoms with Crippen molar-refractivity contribution in [2.75, 3.05) is 6.61 Å². The highest BCUT2D eigenvalue weighted by Gasteiger charge is 2.18. The van der Waals surface area contributed by atoms with Crippen LogP contribution in [0.15, 0.2) is 22.9 Å². The lowest BCUT2D eigenvalue weighted by Gasteiger charge is -2.23. The third kappa shape index (κ3) is 1.74. The van der Waals surface area contributed by atoms with Gasteiger partial charge in [-0.25, -0.2) is 4.68 Å². The Bertz CT molecular complexity index is 505. The fourth-order valence-electron chi connectivity index (χ4n) is 2.05. The van der Waals surface area contributed by atoms with E-state index in [9.17, 15) is 0 Å². The first-order valence-electron chi connectivity index (χ1n) is 5.45. The van der Waals surface area contributed by atoms with Crippen LogP contribution in [0.2, 0.25) is 0 Å². The van der Waals surface area contributed by atoms with Crippen LogP contribution in [0.5, 0.6) is 0 Å². The first-order chi connectivity index (χ1) is 7.84. The average molecular weight is 282 g/mol. The van der Waals surface area contributed by atoms with E-state index in [1.165, 1.54) is 6.42 Å². The largest absolute Gasteiger partial charge is 0.356 e. The van der Waals surface area contributed by atoms with Gasteiger partial charge < -0.3 is 4.74 Å². The summed E-state index contributed by atoms with van der Waals surface area (Å²) in [5.41, 5.74) is 1.94. The van der Waals surface area contributed by atoms with Crippen LogP contribution in [0.4, 0.5) is 0 Å². The maximum absolute atomic E-state index is 5.73. The predicted molar refractivity (Wildman–Crippen MR) is 64.1 cm³/mol. The molecule has 0 aromatic carbocycles. The van der Waals surface area contributed by atoms with E-state index < -0.39 is 0 Å². The van der Waals surface area contributed by atoms with Crippen molar-refractivity contribution in [1.82, 2.24) is 14.8 Å². The van der Waals surface area contributed by atoms with Gasteiger partial charge in [0.05, 0.1) is 11.7 Å². The van der Waals surface area contributed by atoms with Crippen molar-refractivity contribution in [3.8, 4) is 0 Å². The summed E-state index contributed by atoms with van der Waals surface area (Å²) in [6.07, 6.45) is 7.03. The molecule has 5 heteroatoms. The maximum atomic E-state index is 5.73. The fraction of sp³-hybridized carbons (Fsp3) is 0.455. The van der Waals surface area contributed by atoms with Crippen LogP contribution in [0.25, 0.3) is 11.0 Å². The first-order valence-corrected chi connectivity index (χ1v) is 6.24. The van der Waals surface area contributed by atoms with E-state index in [4.69, 9.17) is 4.74 Å². The topological polar surface area (TPSA) is 39.9 Å². The van der Waals surface area contributed by atoms with E-state index in [1.54, 1.807) is 12.4 Å². The molecule has 0 aliphatic carbocycles. The summed E-state index contributed by atoms with van der Waals surface area (Å²) in [6.45, 7) is 0.827. The number of pyridine rings is 1. The summed E-state index contributed by atoms with van der Waals surface area (Å²) >= 11 is 3.43. The molecular weight excluding hydrogens is 270 g/mol. The van der Waals surface area contributed by atoms with Gasteiger partial charge in [0.25, 0.3) is 0 Å². The molecule has 3 rings (SSSR count). The van der Waals surface area contributed by atoms with Crippen LogP contribution in [0, 0.1) is 0 Å². The highest BCUT2D eigenvalue weighted by atomic mass is 79.9. The molecule has 2 aromatic heterocycles. The number of ether oxygens (including phenoxy) is 1. The van der Waals surface area contributed by atoms with Gasteiger partial charge in [-0.1, -0.05) is 0 Å². The molecular formula is C11H12BrN3O. The quantitative estimate of drug-likeness (QED) is 0.807. The maximum Gasteiger partial charge on any atom is 0.150 e. The van der Waals surface area contributed by atoms with Crippen molar-refractivity contribution in [1.29, 1.82) is 0 Å². The number of halogens is 1. The number of fused-ring (bicyclic) bond motifs is 1. The van der Waals surface area contributed by atoms with Crippen molar-refractivity contribution < 1.29 is 4.74 Å². The summed E-state index contributed by atoms with van der Waals surface area (Å²) in [5.74, 6) is 0. The minimum atomic E-state index is 0.0716. The summed E-state index contributed by atoms with van der Waals surface area (Å²) in [5, 5.41) is 4.37. The lowest BCUT2D eigenvalue weighted by Crippen LogP contribution is -2.18. The summed E-state index contributed by atoms with van der Waals surface area (Å²) in [4.78, 5) is 4.31. The normalized spacial score (nSPS) is 21.4. The minimum Gasteiger partial charge on any atom is -0.356 e. The van der Waals surface area contributed by atoms with E-state index >= 15 is 0 Å². The Morgan fingerprint density at radius 1 is 1.38 bits per heavy atom. The molecule has 0 radical (unpaired) electrons. The Kier molecular flexibility index (Phi) is 2.65. The van der Waals surface area contributed by atoms with Gasteiger partial charge in [-0.15, -0.1) is 0 Å². The lowest BCUT2D eigenvalue weighted by molar-refractivity contribution is -0.0366. The second kappa shape index (κ2) is 4.14. The minimum absolute atomic E-state index is 0.0716. The van der Waals surface area contributed by atoms with Crippen LogP contribution in [-0.4, -0.2) is 21.4 Å². The molecule has 3 heterocycles. The van der Waals surface area contributed by atoms with Crippen LogP contribution in [0.3, 0.4) is 0 Å². The average Bonchev–Trinajstić information content (AvgIpc) is 2.73. The molecule has 1 aliphatic rings. The van der Waals surface area contributed by atoms with Gasteiger partial charge in [0, 0.05) is 17.3 Å². The second-order valence-electron chi connectivity index (χ2n) is 3.97. The van der Waals surface area contributed by atoms with Gasteiger partial charge in [-0.2, -0.15) is 5.10 Å². The highest BCUT2D eigenvalue weighted by molar-refractivity contribution is 9.10. The van der Waals surface area contributed by atoms with Gasteiger partial charge >= 0.3 is 0 Å². The zero-order valence-electron chi connectivity index (χ0n) is 8.77. The van der Waals surface area contributed by atoms with E-state index in [1.807, 2.05) is 10.7 Å². The molecule has 0 unspecified atom stereocenters. The molecule has 84 valence electrons. The zero-order valence-corrected chi connectivity index (χ0v) is 10.4. The van der Waals surface area contributed by atoms with Crippen molar-refractivity contribution >= 4 is 27.0 Å². The van der Waals surface area contributed by atoms with E-state index in [0.717, 1.165) is 35.0 Å². The number of hydrogen-bond acceptors (Lipinski definition) is 3.